The summed E-state index contributed by atoms with van der Waals surface area (Å²) in [4.78, 5) is 39.4. The Morgan fingerprint density at radius 3 is 2.72 bits per heavy atom. The second kappa shape index (κ2) is 9.25. The smallest absolute Gasteiger partial charge is 0.254 e. The number of aromatic amines is 1. The summed E-state index contributed by atoms with van der Waals surface area (Å²) in [6, 6.07) is 14.3. The number of nitrogens with one attached hydrogen (secondary N) is 2. The zero-order chi connectivity index (χ0) is 24.6. The molecule has 1 amide bonds. The number of hydrogen-bond donors (Lipinski definition) is 2. The number of para-hydroxylation sites is 1. The first kappa shape index (κ1) is 22.5. The van der Waals surface area contributed by atoms with E-state index in [-0.39, 0.29) is 28.9 Å². The molecule has 2 atom stereocenters. The normalized spacial score (nSPS) is 18.9. The van der Waals surface area contributed by atoms with Crippen LogP contribution in [0.15, 0.2) is 61.1 Å². The number of amides is 1. The topological polar surface area (TPSA) is 113 Å². The first-order valence-electron chi connectivity index (χ1n) is 11.6. The van der Waals surface area contributed by atoms with Crippen molar-refractivity contribution in [2.45, 2.75) is 18.6 Å². The van der Waals surface area contributed by atoms with Gasteiger partial charge < -0.3 is 24.7 Å². The zero-order valence-corrected chi connectivity index (χ0v) is 19.9. The summed E-state index contributed by atoms with van der Waals surface area (Å²) in [5, 5.41) is 4.26. The minimum atomic E-state index is -0.294. The minimum absolute atomic E-state index is 0.00154. The zero-order valence-electron chi connectivity index (χ0n) is 19.1. The monoisotopic (exact) mass is 503 g/mol. The molecule has 10 heteroatoms. The average molecular weight is 504 g/mol. The standard InChI is InChI=1S/C26H22ClN5O4/c27-20-10-17(36-16-4-2-1-3-5-16)6-7-18(20)23(33)19-11-28-24-22(19)25(30-14-29-24)31-15-8-9-32(12-15)26(34)21-13-35-21/h1-7,10-11,14-15,21H,8-9,12-13H2,(H2,28,29,30,31). The molecule has 2 saturated heterocycles. The van der Waals surface area contributed by atoms with Gasteiger partial charge in [0.05, 0.1) is 22.6 Å². The van der Waals surface area contributed by atoms with Crippen molar-refractivity contribution in [1.29, 1.82) is 0 Å². The molecule has 2 fully saturated rings. The van der Waals surface area contributed by atoms with Crippen LogP contribution in [0.3, 0.4) is 0 Å². The number of ether oxygens (including phenoxy) is 2. The van der Waals surface area contributed by atoms with Gasteiger partial charge in [-0.05, 0) is 30.7 Å². The van der Waals surface area contributed by atoms with Gasteiger partial charge in [-0.15, -0.1) is 0 Å². The lowest BCUT2D eigenvalue weighted by atomic mass is 10.0. The van der Waals surface area contributed by atoms with E-state index in [1.54, 1.807) is 29.3 Å². The Labute approximate surface area is 211 Å². The van der Waals surface area contributed by atoms with E-state index < -0.39 is 0 Å². The van der Waals surface area contributed by atoms with Crippen molar-refractivity contribution in [2.24, 2.45) is 0 Å². The average Bonchev–Trinajstić information content (AvgIpc) is 3.47. The Kier molecular flexibility index (Phi) is 5.79. The fourth-order valence-electron chi connectivity index (χ4n) is 4.43. The highest BCUT2D eigenvalue weighted by Gasteiger charge is 2.38. The first-order chi connectivity index (χ1) is 17.6. The highest BCUT2D eigenvalue weighted by Crippen LogP contribution is 2.32. The van der Waals surface area contributed by atoms with Gasteiger partial charge in [-0.2, -0.15) is 0 Å². The Balaban J connectivity index is 1.24. The summed E-state index contributed by atoms with van der Waals surface area (Å²) in [5.41, 5.74) is 1.28. The van der Waals surface area contributed by atoms with Crippen LogP contribution in [0.25, 0.3) is 11.0 Å². The van der Waals surface area contributed by atoms with Crippen LogP contribution >= 0.6 is 11.6 Å². The van der Waals surface area contributed by atoms with E-state index in [0.29, 0.717) is 59.2 Å². The molecule has 0 bridgehead atoms. The molecule has 2 unspecified atom stereocenters. The molecule has 0 radical (unpaired) electrons. The third-order valence-corrected chi connectivity index (χ3v) is 6.64. The third kappa shape index (κ3) is 4.38. The summed E-state index contributed by atoms with van der Waals surface area (Å²) in [6.45, 7) is 1.69. The van der Waals surface area contributed by atoms with Gasteiger partial charge in [0.2, 0.25) is 0 Å². The van der Waals surface area contributed by atoms with Crippen LogP contribution in [0.1, 0.15) is 22.3 Å². The number of rotatable bonds is 7. The third-order valence-electron chi connectivity index (χ3n) is 6.33. The molecule has 2 aromatic carbocycles. The predicted octanol–water partition coefficient (Wildman–Crippen LogP) is 4.05. The Hall–Kier alpha value is -3.95. The lowest BCUT2D eigenvalue weighted by molar-refractivity contribution is -0.131. The summed E-state index contributed by atoms with van der Waals surface area (Å²) in [5.74, 6) is 1.51. The van der Waals surface area contributed by atoms with Crippen LogP contribution in [-0.4, -0.2) is 63.4 Å². The van der Waals surface area contributed by atoms with E-state index in [9.17, 15) is 9.59 Å². The maximum Gasteiger partial charge on any atom is 0.254 e. The summed E-state index contributed by atoms with van der Waals surface area (Å²) < 4.78 is 10.9. The van der Waals surface area contributed by atoms with E-state index in [1.807, 2.05) is 30.3 Å². The fourth-order valence-corrected chi connectivity index (χ4v) is 4.69. The first-order valence-corrected chi connectivity index (χ1v) is 12.0. The highest BCUT2D eigenvalue weighted by atomic mass is 35.5. The fraction of sp³-hybridized carbons (Fsp3) is 0.231. The SMILES string of the molecule is O=C(c1ccc(Oc2ccccc2)cc1Cl)c1c[nH]c2ncnc(NC3CCN(C(=O)C4CO4)C3)c12. The summed E-state index contributed by atoms with van der Waals surface area (Å²) in [7, 11) is 0. The van der Waals surface area contributed by atoms with E-state index in [0.717, 1.165) is 6.42 Å². The van der Waals surface area contributed by atoms with Crippen LogP contribution in [-0.2, 0) is 9.53 Å². The highest BCUT2D eigenvalue weighted by molar-refractivity contribution is 6.35. The maximum absolute atomic E-state index is 13.5. The minimum Gasteiger partial charge on any atom is -0.457 e. The number of carbonyl (C=O) groups is 2. The van der Waals surface area contributed by atoms with Crippen LogP contribution in [0.2, 0.25) is 5.02 Å². The van der Waals surface area contributed by atoms with Gasteiger partial charge >= 0.3 is 0 Å². The number of fused-ring (bicyclic) bond motifs is 1. The Morgan fingerprint density at radius 1 is 1.11 bits per heavy atom. The molecule has 4 aromatic rings. The molecule has 2 aliphatic heterocycles. The van der Waals surface area contributed by atoms with E-state index in [1.165, 1.54) is 6.33 Å². The quantitative estimate of drug-likeness (QED) is 0.289. The van der Waals surface area contributed by atoms with Gasteiger partial charge in [0.15, 0.2) is 11.9 Å². The van der Waals surface area contributed by atoms with Gasteiger partial charge in [-0.1, -0.05) is 29.8 Å². The summed E-state index contributed by atoms with van der Waals surface area (Å²) >= 11 is 6.51. The second-order valence-corrected chi connectivity index (χ2v) is 9.18. The predicted molar refractivity (Wildman–Crippen MR) is 134 cm³/mol. The van der Waals surface area contributed by atoms with Gasteiger partial charge in [-0.3, -0.25) is 9.59 Å². The molecule has 0 saturated carbocycles. The summed E-state index contributed by atoms with van der Waals surface area (Å²) in [6.07, 6.45) is 3.53. The number of halogens is 1. The molecular weight excluding hydrogens is 482 g/mol. The molecule has 4 heterocycles. The molecule has 182 valence electrons. The number of nitrogens with zero attached hydrogens (tertiary/aromatic N) is 3. The number of H-pyrrole nitrogens is 1. The molecule has 36 heavy (non-hydrogen) atoms. The number of likely N-dealkylation sites (tertiary alicyclic amines) is 1. The van der Waals surface area contributed by atoms with E-state index in [2.05, 4.69) is 20.3 Å². The number of benzene rings is 2. The number of carbonyl (C=O) groups excluding carboxylic acids is 2. The molecule has 6 rings (SSSR count). The number of ketones is 1. The molecule has 2 aliphatic rings. The number of hydrogen-bond acceptors (Lipinski definition) is 7. The molecule has 2 N–H and O–H groups in total. The van der Waals surface area contributed by atoms with Crippen LogP contribution < -0.4 is 10.1 Å². The Bertz CT molecular complexity index is 1450. The van der Waals surface area contributed by atoms with Crippen LogP contribution in [0, 0.1) is 0 Å². The number of anilines is 1. The van der Waals surface area contributed by atoms with Crippen LogP contribution in [0.4, 0.5) is 5.82 Å². The van der Waals surface area contributed by atoms with Crippen molar-refractivity contribution in [2.75, 3.05) is 25.0 Å². The van der Waals surface area contributed by atoms with Gasteiger partial charge in [0.1, 0.15) is 29.3 Å². The van der Waals surface area contributed by atoms with Gasteiger partial charge in [-0.25, -0.2) is 9.97 Å². The largest absolute Gasteiger partial charge is 0.457 e. The molecule has 9 nitrogen and oxygen atoms in total. The van der Waals surface area contributed by atoms with Crippen molar-refractivity contribution < 1.29 is 19.1 Å². The number of epoxide rings is 1. The maximum atomic E-state index is 13.5. The number of aromatic nitrogens is 3. The molecule has 0 spiro atoms. The van der Waals surface area contributed by atoms with Crippen molar-refractivity contribution in [3.05, 3.63) is 77.2 Å². The van der Waals surface area contributed by atoms with Gasteiger partial charge in [0.25, 0.3) is 5.91 Å². The second-order valence-electron chi connectivity index (χ2n) is 8.77. The molecule has 0 aliphatic carbocycles. The lowest BCUT2D eigenvalue weighted by Crippen LogP contribution is -2.34. The van der Waals surface area contributed by atoms with Crippen LogP contribution in [0.5, 0.6) is 11.5 Å². The van der Waals surface area contributed by atoms with E-state index in [4.69, 9.17) is 21.1 Å². The molecule has 2 aromatic heterocycles. The Morgan fingerprint density at radius 2 is 1.94 bits per heavy atom. The van der Waals surface area contributed by atoms with Crippen molar-refractivity contribution >= 4 is 40.1 Å². The van der Waals surface area contributed by atoms with Crippen molar-refractivity contribution in [3.63, 3.8) is 0 Å². The van der Waals surface area contributed by atoms with Gasteiger partial charge in [0, 0.05) is 37.0 Å². The lowest BCUT2D eigenvalue weighted by Gasteiger charge is -2.17. The van der Waals surface area contributed by atoms with E-state index >= 15 is 0 Å². The molecular formula is C26H22ClN5O4. The van der Waals surface area contributed by atoms with Crippen molar-refractivity contribution in [3.8, 4) is 11.5 Å². The van der Waals surface area contributed by atoms with Crippen molar-refractivity contribution in [1.82, 2.24) is 19.9 Å².